The summed E-state index contributed by atoms with van der Waals surface area (Å²) in [5, 5.41) is 8.43. The molecule has 0 heterocycles. The van der Waals surface area contributed by atoms with Crippen molar-refractivity contribution in [1.82, 2.24) is 16.0 Å². The first-order chi connectivity index (χ1) is 16.2. The summed E-state index contributed by atoms with van der Waals surface area (Å²) in [6.45, 7) is 8.57. The van der Waals surface area contributed by atoms with Crippen LogP contribution in [0.5, 0.6) is 0 Å². The van der Waals surface area contributed by atoms with E-state index in [1.54, 1.807) is 0 Å². The molecule has 0 aliphatic carbocycles. The number of carbonyl (C=O) groups excluding carboxylic acids is 3. The van der Waals surface area contributed by atoms with Gasteiger partial charge in [0, 0.05) is 13.0 Å². The second kappa shape index (κ2) is 14.0. The third-order valence-electron chi connectivity index (χ3n) is 5.13. The fourth-order valence-corrected chi connectivity index (χ4v) is 3.37. The van der Waals surface area contributed by atoms with Gasteiger partial charge in [-0.3, -0.25) is 9.59 Å². The number of hydrogen-bond donors (Lipinski definition) is 3. The second-order valence-corrected chi connectivity index (χ2v) is 9.28. The van der Waals surface area contributed by atoms with Crippen LogP contribution in [-0.2, 0) is 27.4 Å². The van der Waals surface area contributed by atoms with Crippen LogP contribution >= 0.6 is 0 Å². The Hall–Kier alpha value is -3.35. The Morgan fingerprint density at radius 3 is 1.88 bits per heavy atom. The zero-order valence-corrected chi connectivity index (χ0v) is 20.5. The molecule has 0 saturated heterocycles. The maximum Gasteiger partial charge on any atom is 0.408 e. The average molecular weight is 468 g/mol. The molecule has 2 aromatic carbocycles. The highest BCUT2D eigenvalue weighted by atomic mass is 16.5. The zero-order valence-electron chi connectivity index (χ0n) is 20.5. The number of nitrogens with one attached hydrogen (secondary N) is 3. The van der Waals surface area contributed by atoms with Gasteiger partial charge < -0.3 is 20.7 Å². The van der Waals surface area contributed by atoms with Crippen molar-refractivity contribution in [1.29, 1.82) is 0 Å². The van der Waals surface area contributed by atoms with E-state index in [0.717, 1.165) is 11.1 Å². The van der Waals surface area contributed by atoms with Gasteiger partial charge >= 0.3 is 6.09 Å². The fourth-order valence-electron chi connectivity index (χ4n) is 3.37. The van der Waals surface area contributed by atoms with Crippen molar-refractivity contribution in [3.8, 4) is 0 Å². The van der Waals surface area contributed by atoms with Crippen LogP contribution in [0.3, 0.4) is 0 Å². The second-order valence-electron chi connectivity index (χ2n) is 9.28. The summed E-state index contributed by atoms with van der Waals surface area (Å²) in [7, 11) is 0. The zero-order chi connectivity index (χ0) is 24.9. The number of ether oxygens (including phenoxy) is 1. The summed E-state index contributed by atoms with van der Waals surface area (Å²) in [4.78, 5) is 38.5. The number of benzene rings is 2. The first-order valence-corrected chi connectivity index (χ1v) is 11.8. The standard InChI is InChI=1S/C27H37N3O4/c1-19(2)15-23(30-27(33)34-18-22-13-9-6-10-14-22)26(32)29-24(25(31)28-17-20(3)4)16-21-11-7-5-8-12-21/h5-14,19-20,23-24H,15-18H2,1-4H3,(H,28,31)(H,29,32)(H,30,33)/t23-,24-/m0/s1. The molecule has 2 aromatic rings. The van der Waals surface area contributed by atoms with Crippen LogP contribution in [0.1, 0.15) is 45.2 Å². The predicted octanol–water partition coefficient (Wildman–Crippen LogP) is 3.83. The number of hydrogen-bond acceptors (Lipinski definition) is 4. The van der Waals surface area contributed by atoms with Crippen molar-refractivity contribution < 1.29 is 19.1 Å². The van der Waals surface area contributed by atoms with Gasteiger partial charge in [0.15, 0.2) is 0 Å². The van der Waals surface area contributed by atoms with Gasteiger partial charge in [-0.25, -0.2) is 4.79 Å². The minimum absolute atomic E-state index is 0.108. The van der Waals surface area contributed by atoms with Crippen molar-refractivity contribution in [3.05, 3.63) is 71.8 Å². The lowest BCUT2D eigenvalue weighted by Crippen LogP contribution is -2.55. The summed E-state index contributed by atoms with van der Waals surface area (Å²) in [5.74, 6) is -0.230. The summed E-state index contributed by atoms with van der Waals surface area (Å²) < 4.78 is 5.29. The van der Waals surface area contributed by atoms with Gasteiger partial charge in [-0.1, -0.05) is 88.4 Å². The van der Waals surface area contributed by atoms with E-state index in [-0.39, 0.29) is 24.3 Å². The molecule has 0 spiro atoms. The number of amides is 3. The SMILES string of the molecule is CC(C)CNC(=O)[C@H](Cc1ccccc1)NC(=O)[C@H](CC(C)C)NC(=O)OCc1ccccc1. The largest absolute Gasteiger partial charge is 0.445 e. The molecular weight excluding hydrogens is 430 g/mol. The topological polar surface area (TPSA) is 96.5 Å². The number of alkyl carbamates (subject to hydrolysis) is 1. The van der Waals surface area contributed by atoms with E-state index in [9.17, 15) is 14.4 Å². The third-order valence-corrected chi connectivity index (χ3v) is 5.13. The normalized spacial score (nSPS) is 12.6. The Morgan fingerprint density at radius 1 is 0.735 bits per heavy atom. The molecule has 0 saturated carbocycles. The van der Waals surface area contributed by atoms with Gasteiger partial charge in [0.05, 0.1) is 0 Å². The van der Waals surface area contributed by atoms with Gasteiger partial charge in [0.2, 0.25) is 11.8 Å². The molecule has 0 radical (unpaired) electrons. The van der Waals surface area contributed by atoms with E-state index in [1.807, 2.05) is 88.4 Å². The molecule has 0 bridgehead atoms. The van der Waals surface area contributed by atoms with Crippen LogP contribution in [0.4, 0.5) is 4.79 Å². The summed E-state index contributed by atoms with van der Waals surface area (Å²) in [5.41, 5.74) is 1.79. The first kappa shape index (κ1) is 26.9. The maximum absolute atomic E-state index is 13.2. The lowest BCUT2D eigenvalue weighted by Gasteiger charge is -2.24. The molecule has 0 aromatic heterocycles. The Bertz CT molecular complexity index is 901. The van der Waals surface area contributed by atoms with Crippen LogP contribution in [0.15, 0.2) is 60.7 Å². The van der Waals surface area contributed by atoms with Crippen molar-refractivity contribution in [2.24, 2.45) is 11.8 Å². The molecule has 0 aliphatic heterocycles. The summed E-state index contributed by atoms with van der Waals surface area (Å²) in [6, 6.07) is 17.3. The van der Waals surface area contributed by atoms with Crippen LogP contribution in [-0.4, -0.2) is 36.5 Å². The van der Waals surface area contributed by atoms with Crippen molar-refractivity contribution in [3.63, 3.8) is 0 Å². The quantitative estimate of drug-likeness (QED) is 0.442. The van der Waals surface area contributed by atoms with E-state index >= 15 is 0 Å². The molecule has 2 atom stereocenters. The van der Waals surface area contributed by atoms with E-state index in [0.29, 0.717) is 19.4 Å². The Morgan fingerprint density at radius 2 is 1.32 bits per heavy atom. The van der Waals surface area contributed by atoms with Crippen LogP contribution < -0.4 is 16.0 Å². The summed E-state index contributed by atoms with van der Waals surface area (Å²) in [6.07, 6.45) is 0.0925. The van der Waals surface area contributed by atoms with Crippen molar-refractivity contribution in [2.45, 2.75) is 59.2 Å². The fraction of sp³-hybridized carbons (Fsp3) is 0.444. The smallest absolute Gasteiger partial charge is 0.408 e. The minimum atomic E-state index is -0.820. The third kappa shape index (κ3) is 10.1. The highest BCUT2D eigenvalue weighted by Crippen LogP contribution is 2.09. The molecule has 2 rings (SSSR count). The molecule has 7 nitrogen and oxygen atoms in total. The van der Waals surface area contributed by atoms with Crippen molar-refractivity contribution in [2.75, 3.05) is 6.54 Å². The molecule has 0 fully saturated rings. The average Bonchev–Trinajstić information content (AvgIpc) is 2.81. The van der Waals surface area contributed by atoms with Crippen LogP contribution in [0.2, 0.25) is 0 Å². The highest BCUT2D eigenvalue weighted by Gasteiger charge is 2.28. The highest BCUT2D eigenvalue weighted by molar-refractivity contribution is 5.91. The van der Waals surface area contributed by atoms with E-state index in [2.05, 4.69) is 16.0 Å². The van der Waals surface area contributed by atoms with Gasteiger partial charge in [0.25, 0.3) is 0 Å². The summed E-state index contributed by atoms with van der Waals surface area (Å²) >= 11 is 0. The lowest BCUT2D eigenvalue weighted by molar-refractivity contribution is -0.130. The van der Waals surface area contributed by atoms with E-state index in [1.165, 1.54) is 0 Å². The van der Waals surface area contributed by atoms with Gasteiger partial charge in [-0.05, 0) is 29.4 Å². The van der Waals surface area contributed by atoms with E-state index in [4.69, 9.17) is 4.74 Å². The Kier molecular flexibility index (Phi) is 11.1. The molecule has 3 amide bonds. The Labute approximate surface area is 202 Å². The maximum atomic E-state index is 13.2. The van der Waals surface area contributed by atoms with Crippen LogP contribution in [0, 0.1) is 11.8 Å². The van der Waals surface area contributed by atoms with Gasteiger partial charge in [0.1, 0.15) is 18.7 Å². The molecule has 0 unspecified atom stereocenters. The first-order valence-electron chi connectivity index (χ1n) is 11.8. The monoisotopic (exact) mass is 467 g/mol. The number of carbonyl (C=O) groups is 3. The van der Waals surface area contributed by atoms with E-state index < -0.39 is 24.1 Å². The molecule has 184 valence electrons. The van der Waals surface area contributed by atoms with Crippen LogP contribution in [0.25, 0.3) is 0 Å². The van der Waals surface area contributed by atoms with Crippen molar-refractivity contribution >= 4 is 17.9 Å². The predicted molar refractivity (Wildman–Crippen MR) is 133 cm³/mol. The molecule has 3 N–H and O–H groups in total. The lowest BCUT2D eigenvalue weighted by atomic mass is 10.0. The number of rotatable bonds is 12. The molecule has 34 heavy (non-hydrogen) atoms. The van der Waals surface area contributed by atoms with Gasteiger partial charge in [-0.2, -0.15) is 0 Å². The van der Waals surface area contributed by atoms with Gasteiger partial charge in [-0.15, -0.1) is 0 Å². The Balaban J connectivity index is 2.06. The molecule has 0 aliphatic rings. The molecule has 7 heteroatoms. The minimum Gasteiger partial charge on any atom is -0.445 e. The molecular formula is C27H37N3O4.